The summed E-state index contributed by atoms with van der Waals surface area (Å²) < 4.78 is 11.3. The van der Waals surface area contributed by atoms with Gasteiger partial charge in [-0.2, -0.15) is 0 Å². The van der Waals surface area contributed by atoms with Crippen molar-refractivity contribution in [3.63, 3.8) is 0 Å². The van der Waals surface area contributed by atoms with Crippen molar-refractivity contribution in [2.75, 3.05) is 13.2 Å². The van der Waals surface area contributed by atoms with Crippen LogP contribution in [0.2, 0.25) is 0 Å². The van der Waals surface area contributed by atoms with E-state index in [0.717, 1.165) is 12.8 Å². The smallest absolute Gasteiger partial charge is 0.161 e. The number of hydrogen-bond donors (Lipinski definition) is 2. The largest absolute Gasteiger partial charge is 0.490 e. The average Bonchev–Trinajstić information content (AvgIpc) is 3.21. The van der Waals surface area contributed by atoms with Gasteiger partial charge in [-0.15, -0.1) is 0 Å². The van der Waals surface area contributed by atoms with Crippen LogP contribution in [0.15, 0.2) is 24.3 Å². The second kappa shape index (κ2) is 6.07. The van der Waals surface area contributed by atoms with Crippen LogP contribution in [-0.4, -0.2) is 30.5 Å². The van der Waals surface area contributed by atoms with Crippen LogP contribution in [0.25, 0.3) is 0 Å². The molecule has 0 radical (unpaired) electrons. The standard InChI is InChI=1S/C14H21NO3/c1-2-17-11-5-3-4-6-12(11)18-13(9-16)14(15)10-7-8-10/h3-6,10,13-14,16H,2,7-9,15H2,1H3. The van der Waals surface area contributed by atoms with E-state index in [9.17, 15) is 5.11 Å². The normalized spacial score (nSPS) is 18.2. The number of ether oxygens (including phenoxy) is 2. The van der Waals surface area contributed by atoms with Gasteiger partial charge < -0.3 is 20.3 Å². The zero-order valence-electron chi connectivity index (χ0n) is 10.7. The molecule has 0 spiro atoms. The molecule has 0 bridgehead atoms. The first-order valence-electron chi connectivity index (χ1n) is 6.51. The number of benzene rings is 1. The van der Waals surface area contributed by atoms with Gasteiger partial charge in [0.05, 0.1) is 13.2 Å². The van der Waals surface area contributed by atoms with Crippen LogP contribution in [0, 0.1) is 5.92 Å². The van der Waals surface area contributed by atoms with Gasteiger partial charge in [-0.3, -0.25) is 0 Å². The Kier molecular flexibility index (Phi) is 4.44. The molecule has 1 aromatic carbocycles. The Hall–Kier alpha value is -1.26. The highest BCUT2D eigenvalue weighted by Crippen LogP contribution is 2.35. The molecule has 2 rings (SSSR count). The third-order valence-corrected chi connectivity index (χ3v) is 3.20. The molecule has 1 aromatic rings. The van der Waals surface area contributed by atoms with Gasteiger partial charge in [0.2, 0.25) is 0 Å². The lowest BCUT2D eigenvalue weighted by Crippen LogP contribution is -2.43. The van der Waals surface area contributed by atoms with Gasteiger partial charge in [-0.1, -0.05) is 12.1 Å². The first-order valence-corrected chi connectivity index (χ1v) is 6.51. The van der Waals surface area contributed by atoms with E-state index in [-0.39, 0.29) is 18.8 Å². The minimum absolute atomic E-state index is 0.0713. The average molecular weight is 251 g/mol. The number of rotatable bonds is 7. The maximum atomic E-state index is 9.41. The molecule has 2 unspecified atom stereocenters. The molecule has 4 heteroatoms. The zero-order valence-corrected chi connectivity index (χ0v) is 10.7. The van der Waals surface area contributed by atoms with E-state index >= 15 is 0 Å². The van der Waals surface area contributed by atoms with E-state index in [1.165, 1.54) is 0 Å². The molecule has 0 amide bonds. The fourth-order valence-electron chi connectivity index (χ4n) is 2.01. The van der Waals surface area contributed by atoms with Crippen molar-refractivity contribution < 1.29 is 14.6 Å². The molecule has 18 heavy (non-hydrogen) atoms. The summed E-state index contributed by atoms with van der Waals surface area (Å²) in [4.78, 5) is 0. The van der Waals surface area contributed by atoms with Gasteiger partial charge in [-0.05, 0) is 37.8 Å². The lowest BCUT2D eigenvalue weighted by atomic mass is 10.1. The van der Waals surface area contributed by atoms with Crippen molar-refractivity contribution in [3.8, 4) is 11.5 Å². The van der Waals surface area contributed by atoms with Crippen LogP contribution in [0.3, 0.4) is 0 Å². The van der Waals surface area contributed by atoms with Gasteiger partial charge in [0.1, 0.15) is 6.10 Å². The molecule has 4 nitrogen and oxygen atoms in total. The predicted octanol–water partition coefficient (Wildman–Crippen LogP) is 1.56. The lowest BCUT2D eigenvalue weighted by Gasteiger charge is -2.24. The maximum Gasteiger partial charge on any atom is 0.161 e. The van der Waals surface area contributed by atoms with Crippen LogP contribution < -0.4 is 15.2 Å². The van der Waals surface area contributed by atoms with Crippen molar-refractivity contribution in [1.82, 2.24) is 0 Å². The van der Waals surface area contributed by atoms with Crippen LogP contribution in [0.5, 0.6) is 11.5 Å². The second-order valence-electron chi connectivity index (χ2n) is 4.63. The Morgan fingerprint density at radius 1 is 1.33 bits per heavy atom. The summed E-state index contributed by atoms with van der Waals surface area (Å²) in [5.74, 6) is 1.83. The zero-order chi connectivity index (χ0) is 13.0. The summed E-state index contributed by atoms with van der Waals surface area (Å²) in [5.41, 5.74) is 6.08. The SMILES string of the molecule is CCOc1ccccc1OC(CO)C(N)C1CC1. The van der Waals surface area contributed by atoms with E-state index < -0.39 is 0 Å². The highest BCUT2D eigenvalue weighted by Gasteiger charge is 2.35. The van der Waals surface area contributed by atoms with E-state index in [0.29, 0.717) is 24.0 Å². The number of aliphatic hydroxyl groups excluding tert-OH is 1. The molecule has 100 valence electrons. The van der Waals surface area contributed by atoms with Gasteiger partial charge in [0.15, 0.2) is 11.5 Å². The summed E-state index contributed by atoms with van der Waals surface area (Å²) in [5, 5.41) is 9.41. The molecular weight excluding hydrogens is 230 g/mol. The van der Waals surface area contributed by atoms with Crippen molar-refractivity contribution in [2.45, 2.75) is 31.9 Å². The Labute approximate surface area is 108 Å². The molecule has 0 aromatic heterocycles. The van der Waals surface area contributed by atoms with Crippen molar-refractivity contribution in [1.29, 1.82) is 0 Å². The Bertz CT molecular complexity index is 379. The third kappa shape index (κ3) is 3.15. The summed E-state index contributed by atoms with van der Waals surface area (Å²) in [6.45, 7) is 2.44. The van der Waals surface area contributed by atoms with Crippen LogP contribution in [0.4, 0.5) is 0 Å². The highest BCUT2D eigenvalue weighted by atomic mass is 16.5. The highest BCUT2D eigenvalue weighted by molar-refractivity contribution is 5.39. The lowest BCUT2D eigenvalue weighted by molar-refractivity contribution is 0.0849. The predicted molar refractivity (Wildman–Crippen MR) is 69.8 cm³/mol. The van der Waals surface area contributed by atoms with E-state index in [1.54, 1.807) is 0 Å². The quantitative estimate of drug-likeness (QED) is 0.772. The van der Waals surface area contributed by atoms with E-state index in [2.05, 4.69) is 0 Å². The Morgan fingerprint density at radius 2 is 2.00 bits per heavy atom. The van der Waals surface area contributed by atoms with E-state index in [1.807, 2.05) is 31.2 Å². The Balaban J connectivity index is 2.05. The molecule has 3 N–H and O–H groups in total. The molecule has 0 aliphatic heterocycles. The minimum atomic E-state index is -0.362. The van der Waals surface area contributed by atoms with E-state index in [4.69, 9.17) is 15.2 Å². The van der Waals surface area contributed by atoms with Gasteiger partial charge in [-0.25, -0.2) is 0 Å². The monoisotopic (exact) mass is 251 g/mol. The number of para-hydroxylation sites is 2. The molecule has 1 saturated carbocycles. The fraction of sp³-hybridized carbons (Fsp3) is 0.571. The number of aliphatic hydroxyl groups is 1. The topological polar surface area (TPSA) is 64.7 Å². The summed E-state index contributed by atoms with van der Waals surface area (Å²) >= 11 is 0. The summed E-state index contributed by atoms with van der Waals surface area (Å²) in [7, 11) is 0. The minimum Gasteiger partial charge on any atom is -0.490 e. The fourth-order valence-corrected chi connectivity index (χ4v) is 2.01. The molecule has 1 aliphatic carbocycles. The van der Waals surface area contributed by atoms with Crippen LogP contribution >= 0.6 is 0 Å². The molecule has 2 atom stereocenters. The molecule has 1 fully saturated rings. The van der Waals surface area contributed by atoms with Crippen molar-refractivity contribution in [2.24, 2.45) is 11.7 Å². The third-order valence-electron chi connectivity index (χ3n) is 3.20. The first kappa shape index (κ1) is 13.2. The number of hydrogen-bond acceptors (Lipinski definition) is 4. The molecule has 0 saturated heterocycles. The van der Waals surface area contributed by atoms with Crippen molar-refractivity contribution >= 4 is 0 Å². The Morgan fingerprint density at radius 3 is 2.56 bits per heavy atom. The van der Waals surface area contributed by atoms with Crippen LogP contribution in [0.1, 0.15) is 19.8 Å². The first-order chi connectivity index (χ1) is 8.76. The summed E-state index contributed by atoms with van der Waals surface area (Å²) in [6.07, 6.45) is 1.90. The van der Waals surface area contributed by atoms with Crippen LogP contribution in [-0.2, 0) is 0 Å². The molecular formula is C14H21NO3. The maximum absolute atomic E-state index is 9.41. The van der Waals surface area contributed by atoms with Gasteiger partial charge in [0.25, 0.3) is 0 Å². The molecule has 1 aliphatic rings. The van der Waals surface area contributed by atoms with Gasteiger partial charge >= 0.3 is 0 Å². The van der Waals surface area contributed by atoms with Crippen molar-refractivity contribution in [3.05, 3.63) is 24.3 Å². The summed E-state index contributed by atoms with van der Waals surface area (Å²) in [6, 6.07) is 7.37. The second-order valence-corrected chi connectivity index (χ2v) is 4.63. The number of nitrogens with two attached hydrogens (primary N) is 1. The molecule has 0 heterocycles. The van der Waals surface area contributed by atoms with Gasteiger partial charge in [0, 0.05) is 6.04 Å².